The van der Waals surface area contributed by atoms with E-state index in [4.69, 9.17) is 9.98 Å². The van der Waals surface area contributed by atoms with E-state index in [9.17, 15) is 0 Å². The van der Waals surface area contributed by atoms with Crippen molar-refractivity contribution in [2.45, 2.75) is 64.7 Å². The summed E-state index contributed by atoms with van der Waals surface area (Å²) in [5, 5.41) is 0. The van der Waals surface area contributed by atoms with Crippen molar-refractivity contribution in [2.75, 3.05) is 40.0 Å². The normalized spacial score (nSPS) is 21.4. The molecule has 0 aliphatic rings. The zero-order valence-corrected chi connectivity index (χ0v) is 24.6. The minimum atomic E-state index is -2.29. The Bertz CT molecular complexity index is 451. The van der Waals surface area contributed by atoms with Crippen LogP contribution in [0.15, 0.2) is 9.98 Å². The zero-order valence-electron chi connectivity index (χ0n) is 20.9. The van der Waals surface area contributed by atoms with Gasteiger partial charge in [0.05, 0.1) is 0 Å². The molecule has 168 valence electrons. The monoisotopic (exact) mass is 508 g/mol. The summed E-state index contributed by atoms with van der Waals surface area (Å²) >= 11 is -2.29. The molecule has 0 aromatic rings. The van der Waals surface area contributed by atoms with Crippen molar-refractivity contribution < 1.29 is 13.8 Å². The average Bonchev–Trinajstić information content (AvgIpc) is 2.41. The Balaban J connectivity index is 7.03. The molecule has 0 bridgehead atoms. The van der Waals surface area contributed by atoms with E-state index >= 15 is 0 Å². The molecule has 0 aromatic heterocycles. The van der Waals surface area contributed by atoms with Gasteiger partial charge in [0.15, 0.2) is 0 Å². The van der Waals surface area contributed by atoms with E-state index in [-0.39, 0.29) is 0 Å². The predicted molar refractivity (Wildman–Crippen MR) is 136 cm³/mol. The van der Waals surface area contributed by atoms with Gasteiger partial charge in [-0.25, -0.2) is 0 Å². The molecule has 27 heavy (non-hydrogen) atoms. The van der Waals surface area contributed by atoms with Gasteiger partial charge in [0, 0.05) is 0 Å². The van der Waals surface area contributed by atoms with Gasteiger partial charge in [0.1, 0.15) is 0 Å². The first kappa shape index (κ1) is 27.8. The van der Waals surface area contributed by atoms with Crippen LogP contribution in [0.5, 0.6) is 0 Å². The summed E-state index contributed by atoms with van der Waals surface area (Å²) < 4.78 is 1.03. The first-order valence-electron chi connectivity index (χ1n) is 10.7. The maximum atomic E-state index is 5.40. The van der Waals surface area contributed by atoms with Crippen molar-refractivity contribution in [3.63, 3.8) is 0 Å². The van der Waals surface area contributed by atoms with Gasteiger partial charge in [0.2, 0.25) is 0 Å². The summed E-state index contributed by atoms with van der Waals surface area (Å²) in [6.07, 6.45) is 4.51. The van der Waals surface area contributed by atoms with Crippen LogP contribution >= 0.6 is 11.2 Å². The van der Waals surface area contributed by atoms with Crippen molar-refractivity contribution in [1.82, 2.24) is 0 Å². The summed E-state index contributed by atoms with van der Waals surface area (Å²) in [7, 11) is 0. The molecule has 0 amide bonds. The average molecular weight is 508 g/mol. The molecule has 0 aliphatic heterocycles. The first-order chi connectivity index (χ1) is 12.0. The van der Waals surface area contributed by atoms with E-state index in [2.05, 4.69) is 108 Å². The van der Waals surface area contributed by atoms with Crippen LogP contribution in [-0.4, -0.2) is 61.7 Å². The van der Waals surface area contributed by atoms with Crippen LogP contribution in [0.1, 0.15) is 55.4 Å². The Morgan fingerprint density at radius 3 is 0.963 bits per heavy atom. The molecule has 0 saturated heterocycles. The van der Waals surface area contributed by atoms with Gasteiger partial charge in [-0.15, -0.1) is 0 Å². The molecule has 0 spiro atoms. The molecule has 5 heteroatoms. The summed E-state index contributed by atoms with van der Waals surface area (Å²) in [6.45, 7) is 34.6. The predicted octanol–water partition coefficient (Wildman–Crippen LogP) is 6.67. The second kappa shape index (κ2) is 10.7. The standard InChI is InChI=1S/2C8H16N.2C3H9P.Ru/c2*1-7(2)5-9-6-8(3)4;2*1-4(2)3;/h2*5-8H,1-4H3;2*1-3H3;/q;;;;-2/p+2. The van der Waals surface area contributed by atoms with Crippen LogP contribution in [0, 0.1) is 23.7 Å². The van der Waals surface area contributed by atoms with Crippen molar-refractivity contribution in [1.29, 1.82) is 0 Å². The van der Waals surface area contributed by atoms with Crippen LogP contribution < -0.4 is 0 Å². The van der Waals surface area contributed by atoms with Crippen molar-refractivity contribution in [3.05, 3.63) is 0 Å². The molecule has 0 rings (SSSR count). The molecule has 2 nitrogen and oxygen atoms in total. The van der Waals surface area contributed by atoms with E-state index in [1.165, 1.54) is 0 Å². The van der Waals surface area contributed by atoms with Crippen LogP contribution in [-0.2, 0) is 13.8 Å². The van der Waals surface area contributed by atoms with Crippen molar-refractivity contribution in [2.24, 2.45) is 33.7 Å². The Labute approximate surface area is 175 Å². The third kappa shape index (κ3) is 6.93. The minimum absolute atomic E-state index is 0.513. The molecule has 0 N–H and O–H groups in total. The second-order valence-corrected chi connectivity index (χ2v) is 48.8. The van der Waals surface area contributed by atoms with Crippen LogP contribution in [0.3, 0.4) is 0 Å². The van der Waals surface area contributed by atoms with E-state index in [1.54, 1.807) is 0 Å². The molecule has 0 saturated carbocycles. The number of nitrogens with zero attached hydrogens (tertiary/aromatic N) is 2. The molecule has 0 radical (unpaired) electrons. The topological polar surface area (TPSA) is 24.7 Å². The third-order valence-electron chi connectivity index (χ3n) is 4.53. The summed E-state index contributed by atoms with van der Waals surface area (Å²) in [6, 6.07) is 0. The van der Waals surface area contributed by atoms with Gasteiger partial charge in [-0.05, 0) is 0 Å². The zero-order chi connectivity index (χ0) is 21.8. The second-order valence-electron chi connectivity index (χ2n) is 11.0. The fourth-order valence-corrected chi connectivity index (χ4v) is 78.7. The first-order valence-corrected chi connectivity index (χ1v) is 24.7. The SMILES string of the molecule is CC(C)C=N[CH](C(C)C)[Ru]([CH](N=CC(C)C)C(C)C)([PH](C)(C)C)[PH](C)(C)C. The fraction of sp³-hybridized carbons (Fsp3) is 0.909. The van der Waals surface area contributed by atoms with Gasteiger partial charge < -0.3 is 0 Å². The molecule has 0 aromatic carbocycles. The Hall–Kier alpha value is 0.823. The molecule has 2 atom stereocenters. The fourth-order valence-electron chi connectivity index (χ4n) is 3.93. The quantitative estimate of drug-likeness (QED) is 0.179. The van der Waals surface area contributed by atoms with E-state index in [0.29, 0.717) is 32.9 Å². The molecule has 0 heterocycles. The van der Waals surface area contributed by atoms with Crippen LogP contribution in [0.4, 0.5) is 0 Å². The van der Waals surface area contributed by atoms with E-state index in [1.807, 2.05) is 0 Å². The Morgan fingerprint density at radius 1 is 0.556 bits per heavy atom. The molecule has 0 fully saturated rings. The summed E-state index contributed by atoms with van der Waals surface area (Å²) in [5.74, 6) is 2.23. The van der Waals surface area contributed by atoms with Crippen LogP contribution in [0.25, 0.3) is 0 Å². The summed E-state index contributed by atoms with van der Waals surface area (Å²) in [5.41, 5.74) is -2.93. The molecular weight excluding hydrogens is 455 g/mol. The van der Waals surface area contributed by atoms with Gasteiger partial charge in [-0.1, -0.05) is 0 Å². The van der Waals surface area contributed by atoms with Crippen LogP contribution in [0.2, 0.25) is 0 Å². The molecule has 0 aliphatic carbocycles. The molecular formula is C22H52N2P2Ru. The summed E-state index contributed by atoms with van der Waals surface area (Å²) in [4.78, 5) is 10.8. The molecule has 2 unspecified atom stereocenters. The van der Waals surface area contributed by atoms with Gasteiger partial charge in [-0.2, -0.15) is 0 Å². The van der Waals surface area contributed by atoms with Gasteiger partial charge in [0.25, 0.3) is 0 Å². The number of rotatable bonds is 10. The van der Waals surface area contributed by atoms with Gasteiger partial charge in [-0.3, -0.25) is 0 Å². The Morgan fingerprint density at radius 2 is 0.815 bits per heavy atom. The number of aliphatic imine (C=N–C) groups is 2. The third-order valence-corrected chi connectivity index (χ3v) is 63.8. The number of hydrogen-bond donors (Lipinski definition) is 0. The van der Waals surface area contributed by atoms with Crippen molar-refractivity contribution in [3.8, 4) is 0 Å². The maximum absolute atomic E-state index is 5.40. The number of hydrogen-bond acceptors (Lipinski definition) is 2. The Kier molecular flexibility index (Phi) is 11.1. The van der Waals surface area contributed by atoms with E-state index < -0.39 is 25.0 Å². The van der Waals surface area contributed by atoms with Crippen molar-refractivity contribution >= 4 is 23.6 Å². The van der Waals surface area contributed by atoms with Gasteiger partial charge >= 0.3 is 176 Å². The van der Waals surface area contributed by atoms with E-state index in [0.717, 1.165) is 0 Å².